The predicted molar refractivity (Wildman–Crippen MR) is 69.2 cm³/mol. The minimum absolute atomic E-state index is 0.146. The van der Waals surface area contributed by atoms with E-state index < -0.39 is 17.8 Å². The van der Waals surface area contributed by atoms with Crippen molar-refractivity contribution < 1.29 is 14.7 Å². The van der Waals surface area contributed by atoms with E-state index in [0.717, 1.165) is 32.5 Å². The molecule has 0 radical (unpaired) electrons. The molecular formula is C13H24N2O3. The van der Waals surface area contributed by atoms with E-state index in [1.165, 1.54) is 0 Å². The van der Waals surface area contributed by atoms with Crippen molar-refractivity contribution >= 4 is 11.9 Å². The second-order valence-corrected chi connectivity index (χ2v) is 5.16. The summed E-state index contributed by atoms with van der Waals surface area (Å²) in [7, 11) is 0. The highest BCUT2D eigenvalue weighted by atomic mass is 16.4. The number of carbonyl (C=O) groups excluding carboxylic acids is 1. The minimum atomic E-state index is -0.920. The number of carboxylic acid groups (broad SMARTS) is 1. The van der Waals surface area contributed by atoms with Crippen molar-refractivity contribution in [2.24, 2.45) is 11.8 Å². The zero-order valence-electron chi connectivity index (χ0n) is 11.5. The molecule has 1 fully saturated rings. The van der Waals surface area contributed by atoms with Crippen LogP contribution in [0.4, 0.5) is 0 Å². The number of piperidine rings is 1. The molecule has 0 spiro atoms. The molecule has 3 atom stereocenters. The molecule has 0 bridgehead atoms. The fourth-order valence-electron chi connectivity index (χ4n) is 2.23. The maximum Gasteiger partial charge on any atom is 0.307 e. The summed E-state index contributed by atoms with van der Waals surface area (Å²) in [6.07, 6.45) is 2.07. The van der Waals surface area contributed by atoms with E-state index in [4.69, 9.17) is 5.11 Å². The highest BCUT2D eigenvalue weighted by Crippen LogP contribution is 2.14. The number of carbonyl (C=O) groups is 2. The smallest absolute Gasteiger partial charge is 0.307 e. The van der Waals surface area contributed by atoms with Gasteiger partial charge in [-0.1, -0.05) is 20.8 Å². The Balaban J connectivity index is 2.46. The van der Waals surface area contributed by atoms with Crippen LogP contribution in [0.15, 0.2) is 0 Å². The zero-order chi connectivity index (χ0) is 13.7. The van der Waals surface area contributed by atoms with Gasteiger partial charge in [-0.25, -0.2) is 0 Å². The number of rotatable bonds is 5. The lowest BCUT2D eigenvalue weighted by molar-refractivity contribution is -0.146. The monoisotopic (exact) mass is 256 g/mol. The van der Waals surface area contributed by atoms with Crippen LogP contribution in [-0.2, 0) is 9.59 Å². The van der Waals surface area contributed by atoms with Gasteiger partial charge in [0.05, 0.1) is 5.92 Å². The molecule has 5 heteroatoms. The van der Waals surface area contributed by atoms with Crippen molar-refractivity contribution in [1.29, 1.82) is 0 Å². The van der Waals surface area contributed by atoms with E-state index >= 15 is 0 Å². The second kappa shape index (κ2) is 6.73. The molecule has 0 aromatic carbocycles. The van der Waals surface area contributed by atoms with Gasteiger partial charge in [-0.15, -0.1) is 0 Å². The van der Waals surface area contributed by atoms with E-state index in [1.54, 1.807) is 13.8 Å². The summed E-state index contributed by atoms with van der Waals surface area (Å²) >= 11 is 0. The van der Waals surface area contributed by atoms with Crippen LogP contribution in [-0.4, -0.2) is 47.6 Å². The molecule has 1 rings (SSSR count). The number of nitrogens with zero attached hydrogens (tertiary/aromatic N) is 1. The summed E-state index contributed by atoms with van der Waals surface area (Å²) in [6.45, 7) is 8.31. The first-order chi connectivity index (χ1) is 8.45. The molecular weight excluding hydrogens is 232 g/mol. The molecule has 1 aliphatic rings. The van der Waals surface area contributed by atoms with Crippen LogP contribution in [0.5, 0.6) is 0 Å². The normalized spacial score (nSPS) is 24.3. The Labute approximate surface area is 109 Å². The van der Waals surface area contributed by atoms with Crippen molar-refractivity contribution in [2.75, 3.05) is 19.6 Å². The molecule has 1 heterocycles. The van der Waals surface area contributed by atoms with Crippen LogP contribution in [0, 0.1) is 11.8 Å². The lowest BCUT2D eigenvalue weighted by Gasteiger charge is -2.33. The van der Waals surface area contributed by atoms with Gasteiger partial charge in [-0.05, 0) is 25.9 Å². The van der Waals surface area contributed by atoms with Gasteiger partial charge in [0.2, 0.25) is 5.91 Å². The SMILES string of the molecule is CCN1CCCC(NC(=O)C(C)C(C)C(=O)O)C1. The number of hydrogen-bond donors (Lipinski definition) is 2. The Morgan fingerprint density at radius 1 is 1.39 bits per heavy atom. The highest BCUT2D eigenvalue weighted by Gasteiger charge is 2.28. The number of likely N-dealkylation sites (N-methyl/N-ethyl adjacent to an activating group) is 1. The Bertz CT molecular complexity index is 307. The molecule has 0 aromatic heterocycles. The summed E-state index contributed by atoms with van der Waals surface area (Å²) in [5.74, 6) is -2.19. The third kappa shape index (κ3) is 3.98. The molecule has 104 valence electrons. The number of carboxylic acids is 1. The summed E-state index contributed by atoms with van der Waals surface area (Å²) < 4.78 is 0. The van der Waals surface area contributed by atoms with Crippen molar-refractivity contribution in [3.8, 4) is 0 Å². The van der Waals surface area contributed by atoms with Gasteiger partial charge in [-0.3, -0.25) is 9.59 Å². The standard InChI is InChI=1S/C13H24N2O3/c1-4-15-7-5-6-11(8-15)14-12(16)9(2)10(3)13(17)18/h9-11H,4-8H2,1-3H3,(H,14,16)(H,17,18). The molecule has 2 N–H and O–H groups in total. The summed E-state index contributed by atoms with van der Waals surface area (Å²) in [6, 6.07) is 0.162. The number of nitrogens with one attached hydrogen (secondary N) is 1. The van der Waals surface area contributed by atoms with Crippen LogP contribution >= 0.6 is 0 Å². The Hall–Kier alpha value is -1.10. The Kier molecular flexibility index (Phi) is 5.59. The molecule has 1 amide bonds. The fourth-order valence-corrected chi connectivity index (χ4v) is 2.23. The van der Waals surface area contributed by atoms with Gasteiger partial charge in [-0.2, -0.15) is 0 Å². The Morgan fingerprint density at radius 2 is 2.06 bits per heavy atom. The van der Waals surface area contributed by atoms with E-state index in [0.29, 0.717) is 0 Å². The predicted octanol–water partition coefficient (Wildman–Crippen LogP) is 0.944. The molecule has 1 saturated heterocycles. The van der Waals surface area contributed by atoms with Crippen LogP contribution in [0.2, 0.25) is 0 Å². The minimum Gasteiger partial charge on any atom is -0.481 e. The van der Waals surface area contributed by atoms with Gasteiger partial charge in [0, 0.05) is 18.5 Å². The van der Waals surface area contributed by atoms with E-state index in [1.807, 2.05) is 0 Å². The third-order valence-corrected chi connectivity index (χ3v) is 3.85. The van der Waals surface area contributed by atoms with Crippen LogP contribution < -0.4 is 5.32 Å². The lowest BCUT2D eigenvalue weighted by Crippen LogP contribution is -2.49. The van der Waals surface area contributed by atoms with E-state index in [-0.39, 0.29) is 11.9 Å². The van der Waals surface area contributed by atoms with Crippen molar-refractivity contribution in [2.45, 2.75) is 39.7 Å². The first-order valence-corrected chi connectivity index (χ1v) is 6.71. The van der Waals surface area contributed by atoms with E-state index in [9.17, 15) is 9.59 Å². The number of amides is 1. The molecule has 1 aliphatic heterocycles. The second-order valence-electron chi connectivity index (χ2n) is 5.16. The molecule has 0 saturated carbocycles. The summed E-state index contributed by atoms with van der Waals surface area (Å²) in [5, 5.41) is 11.9. The van der Waals surface area contributed by atoms with Gasteiger partial charge >= 0.3 is 5.97 Å². The molecule has 3 unspecified atom stereocenters. The van der Waals surface area contributed by atoms with Crippen LogP contribution in [0.25, 0.3) is 0 Å². The van der Waals surface area contributed by atoms with Crippen molar-refractivity contribution in [3.63, 3.8) is 0 Å². The molecule has 18 heavy (non-hydrogen) atoms. The van der Waals surface area contributed by atoms with Crippen LogP contribution in [0.3, 0.4) is 0 Å². The van der Waals surface area contributed by atoms with Gasteiger partial charge in [0.1, 0.15) is 0 Å². The maximum absolute atomic E-state index is 12.0. The zero-order valence-corrected chi connectivity index (χ0v) is 11.5. The maximum atomic E-state index is 12.0. The number of aliphatic carboxylic acids is 1. The summed E-state index contributed by atoms with van der Waals surface area (Å²) in [4.78, 5) is 25.1. The number of hydrogen-bond acceptors (Lipinski definition) is 3. The van der Waals surface area contributed by atoms with Gasteiger partial charge in [0.25, 0.3) is 0 Å². The van der Waals surface area contributed by atoms with Gasteiger partial charge < -0.3 is 15.3 Å². The Morgan fingerprint density at radius 3 is 2.61 bits per heavy atom. The van der Waals surface area contributed by atoms with Crippen LogP contribution in [0.1, 0.15) is 33.6 Å². The average molecular weight is 256 g/mol. The first-order valence-electron chi connectivity index (χ1n) is 6.71. The highest BCUT2D eigenvalue weighted by molar-refractivity contribution is 5.84. The third-order valence-electron chi connectivity index (χ3n) is 3.85. The fraction of sp³-hybridized carbons (Fsp3) is 0.846. The van der Waals surface area contributed by atoms with Crippen molar-refractivity contribution in [1.82, 2.24) is 10.2 Å². The average Bonchev–Trinajstić information content (AvgIpc) is 2.36. The topological polar surface area (TPSA) is 69.6 Å². The molecule has 0 aliphatic carbocycles. The first kappa shape index (κ1) is 15.0. The molecule has 0 aromatic rings. The molecule has 5 nitrogen and oxygen atoms in total. The van der Waals surface area contributed by atoms with E-state index in [2.05, 4.69) is 17.1 Å². The summed E-state index contributed by atoms with van der Waals surface area (Å²) in [5.41, 5.74) is 0. The lowest BCUT2D eigenvalue weighted by atomic mass is 9.94. The quantitative estimate of drug-likeness (QED) is 0.768. The van der Waals surface area contributed by atoms with Gasteiger partial charge in [0.15, 0.2) is 0 Å². The number of likely N-dealkylation sites (tertiary alicyclic amines) is 1. The largest absolute Gasteiger partial charge is 0.481 e. The van der Waals surface area contributed by atoms with Crippen molar-refractivity contribution in [3.05, 3.63) is 0 Å².